The lowest BCUT2D eigenvalue weighted by atomic mass is 9.84. The highest BCUT2D eigenvalue weighted by molar-refractivity contribution is 6.21. The number of hydrogen-bond donors (Lipinski definition) is 0. The highest BCUT2D eigenvalue weighted by Gasteiger charge is 2.32. The van der Waals surface area contributed by atoms with Crippen LogP contribution in [0.25, 0.3) is 43.8 Å². The van der Waals surface area contributed by atoms with E-state index in [1.54, 1.807) is 0 Å². The Morgan fingerprint density at radius 3 is 1.43 bits per heavy atom. The molecule has 5 rings (SSSR count). The van der Waals surface area contributed by atoms with Crippen molar-refractivity contribution >= 4 is 21.5 Å². The van der Waals surface area contributed by atoms with E-state index in [1.807, 2.05) is 0 Å². The maximum atomic E-state index is 15.3. The molecule has 0 unspecified atom stereocenters. The van der Waals surface area contributed by atoms with Crippen molar-refractivity contribution in [3.05, 3.63) is 106 Å². The summed E-state index contributed by atoms with van der Waals surface area (Å²) in [5.41, 5.74) is -4.46. The van der Waals surface area contributed by atoms with Crippen molar-refractivity contribution < 1.29 is 48.3 Å². The molecular weight excluding hydrogens is 521 g/mol. The van der Waals surface area contributed by atoms with Crippen LogP contribution in [-0.4, -0.2) is 0 Å². The van der Waals surface area contributed by atoms with Gasteiger partial charge in [0.1, 0.15) is 17.5 Å². The zero-order chi connectivity index (χ0) is 26.9. The van der Waals surface area contributed by atoms with Crippen LogP contribution in [0.1, 0.15) is 0 Å². The van der Waals surface area contributed by atoms with E-state index in [0.29, 0.717) is 24.3 Å². The summed E-state index contributed by atoms with van der Waals surface area (Å²) in [5.74, 6) is -21.3. The second kappa shape index (κ2) is 8.46. The summed E-state index contributed by atoms with van der Waals surface area (Å²) in [7, 11) is 0. The van der Waals surface area contributed by atoms with Crippen molar-refractivity contribution in [1.82, 2.24) is 0 Å². The van der Waals surface area contributed by atoms with Gasteiger partial charge in [0, 0.05) is 39.6 Å². The van der Waals surface area contributed by atoms with Gasteiger partial charge in [0.15, 0.2) is 46.5 Å². The molecule has 0 spiro atoms. The number of fused-ring (bicyclic) bond motifs is 2. The lowest BCUT2D eigenvalue weighted by Crippen LogP contribution is -2.06. The van der Waals surface area contributed by atoms with Crippen LogP contribution in [0.2, 0.25) is 0 Å². The summed E-state index contributed by atoms with van der Waals surface area (Å²) in [6.45, 7) is 0. The van der Waals surface area contributed by atoms with Crippen LogP contribution in [0.3, 0.4) is 0 Å². The molecule has 5 aromatic rings. The molecule has 0 aliphatic carbocycles. The summed E-state index contributed by atoms with van der Waals surface area (Å²) in [6, 6.07) is 3.52. The van der Waals surface area contributed by atoms with Gasteiger partial charge in [-0.2, -0.15) is 0 Å². The van der Waals surface area contributed by atoms with Gasteiger partial charge in [-0.15, -0.1) is 0 Å². The van der Waals surface area contributed by atoms with E-state index in [9.17, 15) is 39.5 Å². The van der Waals surface area contributed by atoms with Crippen LogP contribution in [0.15, 0.2) is 42.5 Å². The van der Waals surface area contributed by atoms with E-state index < -0.39 is 108 Å². The molecule has 37 heavy (non-hydrogen) atoms. The van der Waals surface area contributed by atoms with Crippen molar-refractivity contribution in [2.75, 3.05) is 0 Å². The van der Waals surface area contributed by atoms with Crippen molar-refractivity contribution in [1.29, 1.82) is 0 Å². The molecule has 0 atom stereocenters. The molecule has 0 saturated carbocycles. The molecule has 0 radical (unpaired) electrons. The highest BCUT2D eigenvalue weighted by Crippen LogP contribution is 2.48. The molecule has 0 saturated heterocycles. The van der Waals surface area contributed by atoms with E-state index >= 15 is 8.78 Å². The first-order chi connectivity index (χ1) is 17.4. The molecule has 0 aliphatic heterocycles. The van der Waals surface area contributed by atoms with Gasteiger partial charge in [-0.25, -0.2) is 48.3 Å². The Hall–Kier alpha value is -4.15. The number of benzene rings is 5. The van der Waals surface area contributed by atoms with Gasteiger partial charge in [-0.1, -0.05) is 6.07 Å². The largest absolute Gasteiger partial charge is 0.207 e. The summed E-state index contributed by atoms with van der Waals surface area (Å²) >= 11 is 0. The first kappa shape index (κ1) is 24.5. The average molecular weight is 528 g/mol. The molecule has 188 valence electrons. The van der Waals surface area contributed by atoms with E-state index in [2.05, 4.69) is 0 Å². The van der Waals surface area contributed by atoms with E-state index in [-0.39, 0.29) is 6.07 Å². The quantitative estimate of drug-likeness (QED) is 0.0930. The second-order valence-electron chi connectivity index (χ2n) is 7.91. The lowest BCUT2D eigenvalue weighted by molar-refractivity contribution is 0.418. The maximum absolute atomic E-state index is 15.3. The number of hydrogen-bond acceptors (Lipinski definition) is 0. The third-order valence-corrected chi connectivity index (χ3v) is 5.85. The Labute approximate surface area is 199 Å². The summed E-state index contributed by atoms with van der Waals surface area (Å²) in [5, 5.41) is -4.09. The molecule has 0 fully saturated rings. The Kier molecular flexibility index (Phi) is 5.61. The molecule has 11 heteroatoms. The molecule has 0 heterocycles. The Bertz CT molecular complexity index is 1760. The van der Waals surface area contributed by atoms with Crippen LogP contribution in [0.4, 0.5) is 48.3 Å². The monoisotopic (exact) mass is 528 g/mol. The van der Waals surface area contributed by atoms with Crippen molar-refractivity contribution in [3.63, 3.8) is 0 Å². The molecular formula is C26H7F11. The highest BCUT2D eigenvalue weighted by atomic mass is 19.2. The fraction of sp³-hybridized carbons (Fsp3) is 0. The third kappa shape index (κ3) is 3.52. The maximum Gasteiger partial charge on any atom is 0.198 e. The topological polar surface area (TPSA) is 0 Å². The molecule has 0 N–H and O–H groups in total. The van der Waals surface area contributed by atoms with Crippen LogP contribution < -0.4 is 0 Å². The Morgan fingerprint density at radius 1 is 0.351 bits per heavy atom. The summed E-state index contributed by atoms with van der Waals surface area (Å²) in [4.78, 5) is 0. The number of halogens is 11. The first-order valence-corrected chi connectivity index (χ1v) is 10.1. The fourth-order valence-electron chi connectivity index (χ4n) is 4.34. The van der Waals surface area contributed by atoms with E-state index in [4.69, 9.17) is 0 Å². The smallest absolute Gasteiger partial charge is 0.198 e. The zero-order valence-corrected chi connectivity index (χ0v) is 17.7. The van der Waals surface area contributed by atoms with Gasteiger partial charge < -0.3 is 0 Å². The Balaban J connectivity index is 2.20. The van der Waals surface area contributed by atoms with Gasteiger partial charge in [0.2, 0.25) is 0 Å². The van der Waals surface area contributed by atoms with Gasteiger partial charge in [-0.3, -0.25) is 0 Å². The second-order valence-corrected chi connectivity index (χ2v) is 7.91. The Morgan fingerprint density at radius 2 is 0.865 bits per heavy atom. The van der Waals surface area contributed by atoms with Gasteiger partial charge in [-0.05, 0) is 35.0 Å². The predicted octanol–water partition coefficient (Wildman–Crippen LogP) is 8.86. The van der Waals surface area contributed by atoms with Gasteiger partial charge in [0.05, 0.1) is 5.56 Å². The minimum absolute atomic E-state index is 0.196. The van der Waals surface area contributed by atoms with Crippen LogP contribution in [0, 0.1) is 64.0 Å². The number of rotatable bonds is 2. The molecule has 0 bridgehead atoms. The van der Waals surface area contributed by atoms with Crippen molar-refractivity contribution in [3.8, 4) is 22.3 Å². The van der Waals surface area contributed by atoms with Gasteiger partial charge >= 0.3 is 0 Å². The fourth-order valence-corrected chi connectivity index (χ4v) is 4.34. The molecule has 0 nitrogen and oxygen atoms in total. The lowest BCUT2D eigenvalue weighted by Gasteiger charge is -2.20. The van der Waals surface area contributed by atoms with Crippen LogP contribution >= 0.6 is 0 Å². The molecule has 0 aliphatic rings. The first-order valence-electron chi connectivity index (χ1n) is 10.1. The standard InChI is InChI=1S/C26H7F11/c27-8-1-3-10-12(5-8)17(20-21(32)14(30)7-15(31)22(20)33)19-18(23(34)25(36)26(37)24(19)35)16(10)11-4-2-9(28)6-13(11)29/h1-7H. The third-order valence-electron chi connectivity index (χ3n) is 5.85. The summed E-state index contributed by atoms with van der Waals surface area (Å²) < 4.78 is 160. The van der Waals surface area contributed by atoms with Crippen LogP contribution in [-0.2, 0) is 0 Å². The minimum Gasteiger partial charge on any atom is -0.207 e. The van der Waals surface area contributed by atoms with Crippen molar-refractivity contribution in [2.24, 2.45) is 0 Å². The minimum atomic E-state index is -2.48. The SMILES string of the molecule is Fc1ccc(-c2c3ccc(F)cc3c(-c3c(F)c(F)cc(F)c3F)c3c(F)c(F)c(F)c(F)c23)c(F)c1. The average Bonchev–Trinajstić information content (AvgIpc) is 2.85. The van der Waals surface area contributed by atoms with Crippen molar-refractivity contribution in [2.45, 2.75) is 0 Å². The van der Waals surface area contributed by atoms with Crippen LogP contribution in [0.5, 0.6) is 0 Å². The summed E-state index contributed by atoms with van der Waals surface area (Å²) in [6.07, 6.45) is 0. The van der Waals surface area contributed by atoms with E-state index in [0.717, 1.165) is 12.1 Å². The molecule has 0 amide bonds. The normalized spacial score (nSPS) is 11.6. The van der Waals surface area contributed by atoms with Gasteiger partial charge in [0.25, 0.3) is 0 Å². The predicted molar refractivity (Wildman–Crippen MR) is 112 cm³/mol. The molecule has 5 aromatic carbocycles. The molecule has 0 aromatic heterocycles. The van der Waals surface area contributed by atoms with E-state index in [1.165, 1.54) is 0 Å². The zero-order valence-electron chi connectivity index (χ0n) is 17.7.